The molecule has 1 aromatic rings. The van der Waals surface area contributed by atoms with E-state index in [2.05, 4.69) is 21.2 Å². The van der Waals surface area contributed by atoms with Crippen molar-refractivity contribution in [2.45, 2.75) is 50.6 Å². The van der Waals surface area contributed by atoms with Gasteiger partial charge in [-0.2, -0.15) is 0 Å². The lowest BCUT2D eigenvalue weighted by atomic mass is 9.77. The van der Waals surface area contributed by atoms with Crippen LogP contribution in [0.25, 0.3) is 0 Å². The number of hydrogen-bond donors (Lipinski definition) is 1. The fraction of sp³-hybridized carbons (Fsp3) is 0.643. The largest absolute Gasteiger partial charge is 0.304 e. The zero-order valence-corrected chi connectivity index (χ0v) is 12.7. The first-order chi connectivity index (χ1) is 8.75. The smallest absolute Gasteiger partial charge is 0.190 e. The van der Waals surface area contributed by atoms with Gasteiger partial charge >= 0.3 is 0 Å². The molecule has 3 rings (SSSR count). The Morgan fingerprint density at radius 2 is 2.11 bits per heavy atom. The molecule has 2 heterocycles. The highest BCUT2D eigenvalue weighted by Gasteiger charge is 2.35. The van der Waals surface area contributed by atoms with Crippen molar-refractivity contribution in [3.8, 4) is 0 Å². The van der Waals surface area contributed by atoms with Crippen molar-refractivity contribution in [2.75, 3.05) is 0 Å². The minimum Gasteiger partial charge on any atom is -0.304 e. The van der Waals surface area contributed by atoms with Gasteiger partial charge in [-0.25, -0.2) is 0 Å². The molecule has 0 spiro atoms. The van der Waals surface area contributed by atoms with Crippen LogP contribution in [0.15, 0.2) is 15.9 Å². The van der Waals surface area contributed by atoms with Crippen LogP contribution in [-0.4, -0.2) is 17.9 Å². The van der Waals surface area contributed by atoms with E-state index >= 15 is 0 Å². The van der Waals surface area contributed by atoms with Crippen LogP contribution >= 0.6 is 27.3 Å². The number of nitrogens with one attached hydrogen (secondary N) is 1. The van der Waals surface area contributed by atoms with Gasteiger partial charge in [0.1, 0.15) is 0 Å². The molecule has 0 bridgehead atoms. The summed E-state index contributed by atoms with van der Waals surface area (Å²) in [4.78, 5) is 13.4. The molecule has 2 fully saturated rings. The van der Waals surface area contributed by atoms with Crippen LogP contribution in [0.4, 0.5) is 0 Å². The van der Waals surface area contributed by atoms with E-state index in [0.717, 1.165) is 21.7 Å². The quantitative estimate of drug-likeness (QED) is 0.831. The molecule has 18 heavy (non-hydrogen) atoms. The first-order valence-electron chi connectivity index (χ1n) is 6.79. The summed E-state index contributed by atoms with van der Waals surface area (Å²) in [5.41, 5.74) is 0. The van der Waals surface area contributed by atoms with Crippen LogP contribution in [0.3, 0.4) is 0 Å². The van der Waals surface area contributed by atoms with E-state index in [1.165, 1.54) is 32.1 Å². The van der Waals surface area contributed by atoms with E-state index in [0.29, 0.717) is 6.04 Å². The summed E-state index contributed by atoms with van der Waals surface area (Å²) < 4.78 is 0.949. The van der Waals surface area contributed by atoms with Crippen molar-refractivity contribution >= 4 is 33.0 Å². The third-order valence-corrected chi connectivity index (χ3v) is 6.16. The van der Waals surface area contributed by atoms with Gasteiger partial charge in [-0.3, -0.25) is 4.79 Å². The van der Waals surface area contributed by atoms with Crippen LogP contribution in [0, 0.1) is 5.92 Å². The summed E-state index contributed by atoms with van der Waals surface area (Å²) in [5, 5.41) is 5.58. The maximum absolute atomic E-state index is 12.5. The molecule has 0 radical (unpaired) electrons. The summed E-state index contributed by atoms with van der Waals surface area (Å²) in [5.74, 6) is 1.09. The second kappa shape index (κ2) is 5.43. The Labute approximate surface area is 120 Å². The Bertz CT molecular complexity index is 445. The van der Waals surface area contributed by atoms with E-state index < -0.39 is 0 Å². The Morgan fingerprint density at radius 3 is 2.89 bits per heavy atom. The van der Waals surface area contributed by atoms with E-state index in [1.54, 1.807) is 11.3 Å². The van der Waals surface area contributed by atoms with Crippen molar-refractivity contribution in [1.29, 1.82) is 0 Å². The van der Waals surface area contributed by atoms with Crippen LogP contribution < -0.4 is 5.32 Å². The lowest BCUT2D eigenvalue weighted by Gasteiger charge is -2.39. The van der Waals surface area contributed by atoms with Crippen LogP contribution in [0.5, 0.6) is 0 Å². The summed E-state index contributed by atoms with van der Waals surface area (Å²) in [6.45, 7) is 0. The zero-order valence-electron chi connectivity index (χ0n) is 10.3. The van der Waals surface area contributed by atoms with Gasteiger partial charge in [-0.15, -0.1) is 11.3 Å². The summed E-state index contributed by atoms with van der Waals surface area (Å²) >= 11 is 5.01. The van der Waals surface area contributed by atoms with Gasteiger partial charge in [0.25, 0.3) is 0 Å². The molecule has 0 aromatic carbocycles. The molecule has 1 saturated heterocycles. The van der Waals surface area contributed by atoms with Gasteiger partial charge in [0.2, 0.25) is 0 Å². The second-order valence-electron chi connectivity index (χ2n) is 5.41. The van der Waals surface area contributed by atoms with Gasteiger partial charge in [0, 0.05) is 10.5 Å². The maximum atomic E-state index is 12.5. The van der Waals surface area contributed by atoms with Crippen molar-refractivity contribution in [3.05, 3.63) is 20.8 Å². The predicted octanol–water partition coefficient (Wildman–Crippen LogP) is 4.00. The average Bonchev–Trinajstić information content (AvgIpc) is 2.83. The molecular formula is C14H18BrNOS. The third kappa shape index (κ3) is 2.43. The molecule has 2 nitrogen and oxygen atoms in total. The molecule has 1 saturated carbocycles. The standard InChI is InChI=1S/C14H18BrNOS/c15-10-7-8-18-14(10)13(17)12-6-5-9-3-1-2-4-11(9)16-12/h7-9,11-12,16H,1-6H2. The maximum Gasteiger partial charge on any atom is 0.190 e. The number of hydrogen-bond acceptors (Lipinski definition) is 3. The highest BCUT2D eigenvalue weighted by atomic mass is 79.9. The first kappa shape index (κ1) is 12.8. The minimum absolute atomic E-state index is 0.0410. The molecule has 4 heteroatoms. The monoisotopic (exact) mass is 327 g/mol. The average molecular weight is 328 g/mol. The number of Topliss-reactive ketones (excluding diaryl/α,β-unsaturated/α-hetero) is 1. The van der Waals surface area contributed by atoms with E-state index in [-0.39, 0.29) is 11.8 Å². The molecule has 1 aliphatic heterocycles. The van der Waals surface area contributed by atoms with Gasteiger partial charge in [0.15, 0.2) is 5.78 Å². The fourth-order valence-corrected chi connectivity index (χ4v) is 4.89. The number of thiophene rings is 1. The summed E-state index contributed by atoms with van der Waals surface area (Å²) in [6, 6.07) is 2.59. The van der Waals surface area contributed by atoms with Crippen molar-refractivity contribution in [2.24, 2.45) is 5.92 Å². The van der Waals surface area contributed by atoms with Gasteiger partial charge < -0.3 is 5.32 Å². The summed E-state index contributed by atoms with van der Waals surface area (Å²) in [6.07, 6.45) is 7.51. The number of piperidine rings is 1. The van der Waals surface area contributed by atoms with E-state index in [1.807, 2.05) is 11.4 Å². The first-order valence-corrected chi connectivity index (χ1v) is 8.46. The molecule has 1 aromatic heterocycles. The highest BCUT2D eigenvalue weighted by molar-refractivity contribution is 9.10. The van der Waals surface area contributed by atoms with Gasteiger partial charge in [-0.1, -0.05) is 12.8 Å². The molecule has 2 aliphatic rings. The Kier molecular flexibility index (Phi) is 3.87. The molecule has 1 aliphatic carbocycles. The number of carbonyl (C=O) groups is 1. The van der Waals surface area contributed by atoms with E-state index in [4.69, 9.17) is 0 Å². The minimum atomic E-state index is 0.0410. The fourth-order valence-electron chi connectivity index (χ4n) is 3.33. The summed E-state index contributed by atoms with van der Waals surface area (Å²) in [7, 11) is 0. The highest BCUT2D eigenvalue weighted by Crippen LogP contribution is 2.34. The molecule has 0 amide bonds. The van der Waals surface area contributed by atoms with Gasteiger partial charge in [-0.05, 0) is 59.0 Å². The lowest BCUT2D eigenvalue weighted by Crippen LogP contribution is -2.51. The predicted molar refractivity (Wildman–Crippen MR) is 78.3 cm³/mol. The Balaban J connectivity index is 1.70. The number of fused-ring (bicyclic) bond motifs is 1. The van der Waals surface area contributed by atoms with Crippen molar-refractivity contribution < 1.29 is 4.79 Å². The molecule has 1 N–H and O–H groups in total. The SMILES string of the molecule is O=C(c1sccc1Br)C1CCC2CCCCC2N1. The molecular weight excluding hydrogens is 310 g/mol. The van der Waals surface area contributed by atoms with E-state index in [9.17, 15) is 4.79 Å². The topological polar surface area (TPSA) is 29.1 Å². The lowest BCUT2D eigenvalue weighted by molar-refractivity contribution is 0.0865. The van der Waals surface area contributed by atoms with Gasteiger partial charge in [0.05, 0.1) is 10.9 Å². The Morgan fingerprint density at radius 1 is 1.28 bits per heavy atom. The number of rotatable bonds is 2. The zero-order chi connectivity index (χ0) is 12.5. The van der Waals surface area contributed by atoms with Crippen LogP contribution in [0.2, 0.25) is 0 Å². The number of ketones is 1. The Hall–Kier alpha value is -0.190. The number of carbonyl (C=O) groups excluding carboxylic acids is 1. The van der Waals surface area contributed by atoms with Crippen molar-refractivity contribution in [3.63, 3.8) is 0 Å². The molecule has 3 unspecified atom stereocenters. The molecule has 3 atom stereocenters. The van der Waals surface area contributed by atoms with Crippen LogP contribution in [0.1, 0.15) is 48.2 Å². The third-order valence-electron chi connectivity index (χ3n) is 4.31. The van der Waals surface area contributed by atoms with Crippen molar-refractivity contribution in [1.82, 2.24) is 5.32 Å². The normalized spacial score (nSPS) is 31.9. The second-order valence-corrected chi connectivity index (χ2v) is 7.18. The van der Waals surface area contributed by atoms with Crippen LogP contribution in [-0.2, 0) is 0 Å². The number of halogens is 1. The molecule has 98 valence electrons.